The van der Waals surface area contributed by atoms with Crippen LogP contribution in [0, 0.1) is 10.1 Å². The van der Waals surface area contributed by atoms with Gasteiger partial charge < -0.3 is 10.3 Å². The van der Waals surface area contributed by atoms with Gasteiger partial charge in [0, 0.05) is 31.7 Å². The van der Waals surface area contributed by atoms with Crippen LogP contribution in [0.2, 0.25) is 0 Å². The molecule has 7 heteroatoms. The maximum Gasteiger partial charge on any atom is 0.293 e. The predicted octanol–water partition coefficient (Wildman–Crippen LogP) is 1.41. The first-order chi connectivity index (χ1) is 10.0. The smallest absolute Gasteiger partial charge is 0.293 e. The van der Waals surface area contributed by atoms with Crippen LogP contribution in [0.3, 0.4) is 0 Å². The molecule has 116 valence electrons. The number of nitro benzene ring substituents is 1. The molecule has 3 N–H and O–H groups in total. The Balaban J connectivity index is 2.22. The molecule has 0 bridgehead atoms. The lowest BCUT2D eigenvalue weighted by Crippen LogP contribution is -2.37. The van der Waals surface area contributed by atoms with Crippen molar-refractivity contribution >= 4 is 11.4 Å². The molecule has 1 fully saturated rings. The van der Waals surface area contributed by atoms with Gasteiger partial charge in [-0.05, 0) is 32.5 Å². The number of hydrazine groups is 1. The molecule has 1 unspecified atom stereocenters. The molecule has 0 amide bonds. The number of likely N-dealkylation sites (N-methyl/N-ethyl adjacent to an activating group) is 1. The summed E-state index contributed by atoms with van der Waals surface area (Å²) < 4.78 is 0. The van der Waals surface area contributed by atoms with Crippen LogP contribution >= 0.6 is 0 Å². The third-order valence-corrected chi connectivity index (χ3v) is 4.03. The second-order valence-corrected chi connectivity index (χ2v) is 5.65. The van der Waals surface area contributed by atoms with Crippen molar-refractivity contribution in [2.24, 2.45) is 5.84 Å². The fourth-order valence-electron chi connectivity index (χ4n) is 2.91. The number of nitrogens with two attached hydrogens (primary N) is 1. The number of para-hydroxylation sites is 1. The molecule has 1 aromatic carbocycles. The van der Waals surface area contributed by atoms with Crippen molar-refractivity contribution < 1.29 is 4.92 Å². The minimum Gasteiger partial charge on any atom is -0.318 e. The molecule has 0 saturated carbocycles. The summed E-state index contributed by atoms with van der Waals surface area (Å²) in [5.41, 5.74) is 3.79. The van der Waals surface area contributed by atoms with Crippen molar-refractivity contribution in [1.82, 2.24) is 9.80 Å². The summed E-state index contributed by atoms with van der Waals surface area (Å²) in [7, 11) is 2.13. The Hall–Kier alpha value is -1.70. The van der Waals surface area contributed by atoms with Gasteiger partial charge >= 0.3 is 0 Å². The SMILES string of the molecule is CC1CN(C)CCCN1Cc1cccc([N+](=O)[O-])c1NN. The van der Waals surface area contributed by atoms with Crippen molar-refractivity contribution in [2.45, 2.75) is 25.9 Å². The van der Waals surface area contributed by atoms with Crippen molar-refractivity contribution in [3.8, 4) is 0 Å². The Morgan fingerprint density at radius 3 is 2.90 bits per heavy atom. The third-order valence-electron chi connectivity index (χ3n) is 4.03. The second kappa shape index (κ2) is 6.84. The number of nitrogens with one attached hydrogen (secondary N) is 1. The van der Waals surface area contributed by atoms with Gasteiger partial charge in [-0.2, -0.15) is 0 Å². The first-order valence-corrected chi connectivity index (χ1v) is 7.18. The molecule has 0 spiro atoms. The lowest BCUT2D eigenvalue weighted by molar-refractivity contribution is -0.384. The van der Waals surface area contributed by atoms with Gasteiger partial charge in [0.2, 0.25) is 0 Å². The molecular weight excluding hydrogens is 270 g/mol. The van der Waals surface area contributed by atoms with Crippen LogP contribution in [0.25, 0.3) is 0 Å². The van der Waals surface area contributed by atoms with Gasteiger partial charge in [0.05, 0.1) is 4.92 Å². The van der Waals surface area contributed by atoms with Gasteiger partial charge in [-0.25, -0.2) is 0 Å². The Bertz CT molecular complexity index is 508. The van der Waals surface area contributed by atoms with Gasteiger partial charge in [-0.1, -0.05) is 12.1 Å². The average Bonchev–Trinajstić information content (AvgIpc) is 2.60. The number of nitrogens with zero attached hydrogens (tertiary/aromatic N) is 3. The fraction of sp³-hybridized carbons (Fsp3) is 0.571. The Kier molecular flexibility index (Phi) is 5.11. The average molecular weight is 293 g/mol. The molecule has 0 radical (unpaired) electrons. The van der Waals surface area contributed by atoms with Gasteiger partial charge in [-0.15, -0.1) is 0 Å². The number of hydrogen-bond donors (Lipinski definition) is 2. The highest BCUT2D eigenvalue weighted by atomic mass is 16.6. The zero-order valence-corrected chi connectivity index (χ0v) is 12.6. The summed E-state index contributed by atoms with van der Waals surface area (Å²) in [6, 6.07) is 5.48. The first-order valence-electron chi connectivity index (χ1n) is 7.18. The van der Waals surface area contributed by atoms with Crippen molar-refractivity contribution in [1.29, 1.82) is 0 Å². The summed E-state index contributed by atoms with van der Waals surface area (Å²) >= 11 is 0. The van der Waals surface area contributed by atoms with Gasteiger partial charge in [0.25, 0.3) is 5.69 Å². The van der Waals surface area contributed by atoms with E-state index in [2.05, 4.69) is 29.2 Å². The van der Waals surface area contributed by atoms with E-state index < -0.39 is 4.92 Å². The summed E-state index contributed by atoms with van der Waals surface area (Å²) in [5, 5.41) is 11.1. The molecule has 7 nitrogen and oxygen atoms in total. The highest BCUT2D eigenvalue weighted by molar-refractivity contribution is 5.65. The van der Waals surface area contributed by atoms with Crippen LogP contribution < -0.4 is 11.3 Å². The molecule has 1 aliphatic rings. The van der Waals surface area contributed by atoms with E-state index in [9.17, 15) is 10.1 Å². The number of nitrogen functional groups attached to an aromatic ring is 1. The highest BCUT2D eigenvalue weighted by Crippen LogP contribution is 2.29. The first kappa shape index (κ1) is 15.7. The van der Waals surface area contributed by atoms with Crippen LogP contribution in [0.1, 0.15) is 18.9 Å². The molecule has 0 aromatic heterocycles. The molecular formula is C14H23N5O2. The zero-order chi connectivity index (χ0) is 15.4. The quantitative estimate of drug-likeness (QED) is 0.496. The second-order valence-electron chi connectivity index (χ2n) is 5.65. The molecule has 1 atom stereocenters. The third kappa shape index (κ3) is 3.69. The zero-order valence-electron chi connectivity index (χ0n) is 12.6. The molecule has 0 aliphatic carbocycles. The summed E-state index contributed by atoms with van der Waals surface area (Å²) in [5.74, 6) is 5.50. The summed E-state index contributed by atoms with van der Waals surface area (Å²) in [6.07, 6.45) is 1.10. The van der Waals surface area contributed by atoms with Gasteiger partial charge in [0.15, 0.2) is 0 Å². The van der Waals surface area contributed by atoms with Crippen LogP contribution in [0.15, 0.2) is 18.2 Å². The number of anilines is 1. The molecule has 1 heterocycles. The molecule has 1 aliphatic heterocycles. The van der Waals surface area contributed by atoms with E-state index in [0.717, 1.165) is 31.6 Å². The Morgan fingerprint density at radius 1 is 1.48 bits per heavy atom. The van der Waals surface area contributed by atoms with Crippen molar-refractivity contribution in [2.75, 3.05) is 32.1 Å². The lowest BCUT2D eigenvalue weighted by atomic mass is 10.1. The van der Waals surface area contributed by atoms with E-state index in [1.807, 2.05) is 6.07 Å². The van der Waals surface area contributed by atoms with E-state index in [1.165, 1.54) is 6.07 Å². The number of nitro groups is 1. The van der Waals surface area contributed by atoms with Gasteiger partial charge in [0.1, 0.15) is 5.69 Å². The summed E-state index contributed by atoms with van der Waals surface area (Å²) in [4.78, 5) is 15.3. The standard InChI is InChI=1S/C14H23N5O2/c1-11-9-17(2)7-4-8-18(11)10-12-5-3-6-13(19(20)21)14(12)16-15/h3,5-6,11,16H,4,7-10,15H2,1-2H3. The Morgan fingerprint density at radius 2 is 2.24 bits per heavy atom. The number of hydrogen-bond acceptors (Lipinski definition) is 6. The number of benzene rings is 1. The lowest BCUT2D eigenvalue weighted by Gasteiger charge is -2.28. The normalized spacial score (nSPS) is 21.0. The van der Waals surface area contributed by atoms with Crippen LogP contribution in [0.4, 0.5) is 11.4 Å². The summed E-state index contributed by atoms with van der Waals surface area (Å²) in [6.45, 7) is 5.92. The van der Waals surface area contributed by atoms with E-state index in [-0.39, 0.29) is 5.69 Å². The minimum atomic E-state index is -0.404. The predicted molar refractivity (Wildman–Crippen MR) is 82.9 cm³/mol. The monoisotopic (exact) mass is 293 g/mol. The molecule has 1 saturated heterocycles. The van der Waals surface area contributed by atoms with Crippen molar-refractivity contribution in [3.05, 3.63) is 33.9 Å². The van der Waals surface area contributed by atoms with E-state index in [4.69, 9.17) is 5.84 Å². The van der Waals surface area contributed by atoms with Crippen LogP contribution in [0.5, 0.6) is 0 Å². The number of rotatable bonds is 4. The largest absolute Gasteiger partial charge is 0.318 e. The molecule has 1 aromatic rings. The van der Waals surface area contributed by atoms with E-state index >= 15 is 0 Å². The van der Waals surface area contributed by atoms with Crippen molar-refractivity contribution in [3.63, 3.8) is 0 Å². The fourth-order valence-corrected chi connectivity index (χ4v) is 2.91. The molecule has 21 heavy (non-hydrogen) atoms. The minimum absolute atomic E-state index is 0.0228. The van der Waals surface area contributed by atoms with Crippen LogP contribution in [-0.2, 0) is 6.54 Å². The van der Waals surface area contributed by atoms with Gasteiger partial charge in [-0.3, -0.25) is 20.9 Å². The molecule has 2 rings (SSSR count). The van der Waals surface area contributed by atoms with Crippen LogP contribution in [-0.4, -0.2) is 47.4 Å². The maximum absolute atomic E-state index is 11.1. The maximum atomic E-state index is 11.1. The topological polar surface area (TPSA) is 87.7 Å². The van der Waals surface area contributed by atoms with E-state index in [0.29, 0.717) is 18.3 Å². The van der Waals surface area contributed by atoms with E-state index in [1.54, 1.807) is 6.07 Å². The Labute approximate surface area is 124 Å². The highest BCUT2D eigenvalue weighted by Gasteiger charge is 2.23.